The van der Waals surface area contributed by atoms with Gasteiger partial charge in [-0.25, -0.2) is 0 Å². The Hall–Kier alpha value is -0.340. The van der Waals surface area contributed by atoms with Gasteiger partial charge in [-0.15, -0.1) is 0 Å². The third kappa shape index (κ3) is 1.84. The monoisotopic (exact) mass is 290 g/mol. The van der Waals surface area contributed by atoms with Gasteiger partial charge in [-0.1, -0.05) is 26.0 Å². The van der Waals surface area contributed by atoms with E-state index in [1.54, 1.807) is 0 Å². The summed E-state index contributed by atoms with van der Waals surface area (Å²) in [6.07, 6.45) is 12.5. The third-order valence-corrected chi connectivity index (χ3v) is 8.08. The smallest absolute Gasteiger partial charge is 0.0596 e. The van der Waals surface area contributed by atoms with Crippen LogP contribution in [0.3, 0.4) is 0 Å². The van der Waals surface area contributed by atoms with Gasteiger partial charge in [-0.3, -0.25) is 0 Å². The first-order valence-electron chi connectivity index (χ1n) is 8.99. The van der Waals surface area contributed by atoms with E-state index in [2.05, 4.69) is 26.0 Å². The van der Waals surface area contributed by atoms with Gasteiger partial charge in [0.1, 0.15) is 0 Å². The first kappa shape index (κ1) is 14.3. The number of aliphatic hydroxyl groups excluding tert-OH is 2. The molecule has 2 N–H and O–H groups in total. The van der Waals surface area contributed by atoms with Crippen molar-refractivity contribution >= 4 is 0 Å². The molecular weight excluding hydrogens is 260 g/mol. The Balaban J connectivity index is 1.68. The number of aliphatic hydroxyl groups is 2. The molecule has 0 saturated heterocycles. The van der Waals surface area contributed by atoms with Crippen LogP contribution in [0.5, 0.6) is 0 Å². The van der Waals surface area contributed by atoms with E-state index in [4.69, 9.17) is 0 Å². The minimum atomic E-state index is -0.0913. The Bertz CT molecular complexity index is 458. The maximum absolute atomic E-state index is 10.4. The summed E-state index contributed by atoms with van der Waals surface area (Å²) in [4.78, 5) is 0. The van der Waals surface area contributed by atoms with Gasteiger partial charge in [0.25, 0.3) is 0 Å². The summed E-state index contributed by atoms with van der Waals surface area (Å²) in [5, 5.41) is 20.5. The van der Waals surface area contributed by atoms with Crippen LogP contribution in [0, 0.1) is 34.5 Å². The predicted octanol–water partition coefficient (Wildman–Crippen LogP) is 3.53. The van der Waals surface area contributed by atoms with Crippen LogP contribution in [0.15, 0.2) is 12.2 Å². The van der Waals surface area contributed by atoms with Gasteiger partial charge in [0.15, 0.2) is 0 Å². The highest BCUT2D eigenvalue weighted by Crippen LogP contribution is 2.64. The molecule has 3 fully saturated rings. The zero-order chi connectivity index (χ0) is 14.8. The fourth-order valence-corrected chi connectivity index (χ4v) is 6.57. The quantitative estimate of drug-likeness (QED) is 0.670. The van der Waals surface area contributed by atoms with Crippen molar-refractivity contribution in [1.82, 2.24) is 0 Å². The largest absolute Gasteiger partial charge is 0.393 e. The molecule has 0 heterocycles. The molecule has 21 heavy (non-hydrogen) atoms. The molecule has 0 bridgehead atoms. The lowest BCUT2D eigenvalue weighted by molar-refractivity contribution is -0.0894. The number of hydrogen-bond acceptors (Lipinski definition) is 2. The molecule has 0 aromatic carbocycles. The summed E-state index contributed by atoms with van der Waals surface area (Å²) in [5.41, 5.74) is 0.538. The highest BCUT2D eigenvalue weighted by atomic mass is 16.3. The number of allylic oxidation sites excluding steroid dienone is 2. The molecule has 2 nitrogen and oxygen atoms in total. The molecule has 0 aromatic heterocycles. The zero-order valence-electron chi connectivity index (χ0n) is 13.5. The average Bonchev–Trinajstić information content (AvgIpc) is 2.76. The molecule has 118 valence electrons. The van der Waals surface area contributed by atoms with Gasteiger partial charge in [-0.05, 0) is 79.4 Å². The van der Waals surface area contributed by atoms with Crippen molar-refractivity contribution in [2.45, 2.75) is 71.0 Å². The van der Waals surface area contributed by atoms with E-state index in [1.807, 2.05) is 0 Å². The second kappa shape index (κ2) is 4.58. The summed E-state index contributed by atoms with van der Waals surface area (Å²) in [6.45, 7) is 4.82. The van der Waals surface area contributed by atoms with Crippen LogP contribution >= 0.6 is 0 Å². The lowest BCUT2D eigenvalue weighted by Crippen LogP contribution is -2.52. The van der Waals surface area contributed by atoms with Crippen molar-refractivity contribution in [3.63, 3.8) is 0 Å². The van der Waals surface area contributed by atoms with Crippen LogP contribution in [0.4, 0.5) is 0 Å². The van der Waals surface area contributed by atoms with E-state index in [-0.39, 0.29) is 17.6 Å². The molecule has 4 rings (SSSR count). The fraction of sp³-hybridized carbons (Fsp3) is 0.895. The standard InChI is InChI=1S/C19H30O2/c1-18-9-7-13(20)11-12(18)3-4-14-15-5-6-17(21)19(15,2)10-8-16(14)18/h3-4,12-17,20-21H,5-11H2,1-2H3/t12?,13?,14-,15-,16-,17?,18-,19-/m0/s1. The minimum absolute atomic E-state index is 0.0874. The minimum Gasteiger partial charge on any atom is -0.393 e. The zero-order valence-corrected chi connectivity index (χ0v) is 13.5. The molecule has 8 atom stereocenters. The predicted molar refractivity (Wildman–Crippen MR) is 83.6 cm³/mol. The Labute approximate surface area is 128 Å². The van der Waals surface area contributed by atoms with Crippen molar-refractivity contribution in [1.29, 1.82) is 0 Å². The van der Waals surface area contributed by atoms with E-state index < -0.39 is 0 Å². The van der Waals surface area contributed by atoms with Gasteiger partial charge >= 0.3 is 0 Å². The van der Waals surface area contributed by atoms with E-state index in [1.165, 1.54) is 25.7 Å². The van der Waals surface area contributed by atoms with Crippen LogP contribution in [0.1, 0.15) is 58.8 Å². The van der Waals surface area contributed by atoms with E-state index in [0.717, 1.165) is 25.2 Å². The van der Waals surface area contributed by atoms with E-state index in [9.17, 15) is 10.2 Å². The molecule has 0 aliphatic heterocycles. The molecule has 4 aliphatic rings. The van der Waals surface area contributed by atoms with Crippen LogP contribution < -0.4 is 0 Å². The van der Waals surface area contributed by atoms with Crippen LogP contribution in [0.2, 0.25) is 0 Å². The Morgan fingerprint density at radius 3 is 2.38 bits per heavy atom. The van der Waals surface area contributed by atoms with Crippen LogP contribution in [0.25, 0.3) is 0 Å². The summed E-state index contributed by atoms with van der Waals surface area (Å²) in [5.74, 6) is 2.67. The first-order chi connectivity index (χ1) is 9.95. The van der Waals surface area contributed by atoms with Crippen molar-refractivity contribution in [2.75, 3.05) is 0 Å². The Morgan fingerprint density at radius 2 is 1.57 bits per heavy atom. The van der Waals surface area contributed by atoms with Gasteiger partial charge < -0.3 is 10.2 Å². The van der Waals surface area contributed by atoms with Crippen molar-refractivity contribution < 1.29 is 10.2 Å². The molecule has 4 aliphatic carbocycles. The number of hydrogen-bond donors (Lipinski definition) is 2. The second-order valence-electron chi connectivity index (χ2n) is 8.85. The molecule has 3 saturated carbocycles. The number of rotatable bonds is 0. The molecule has 0 amide bonds. The SMILES string of the molecule is C[C@]12CCC(O)CC1C=C[C@@H]1[C@@H]2CC[C@]2(C)C(O)CC[C@@H]12. The van der Waals surface area contributed by atoms with Gasteiger partial charge in [0.05, 0.1) is 12.2 Å². The summed E-state index contributed by atoms with van der Waals surface area (Å²) in [6, 6.07) is 0. The topological polar surface area (TPSA) is 40.5 Å². The molecule has 0 radical (unpaired) electrons. The van der Waals surface area contributed by atoms with Crippen molar-refractivity contribution in [2.24, 2.45) is 34.5 Å². The molecular formula is C19H30O2. The molecule has 2 heteroatoms. The van der Waals surface area contributed by atoms with Crippen LogP contribution in [-0.4, -0.2) is 22.4 Å². The third-order valence-electron chi connectivity index (χ3n) is 8.08. The van der Waals surface area contributed by atoms with Gasteiger partial charge in [0, 0.05) is 0 Å². The van der Waals surface area contributed by atoms with Crippen molar-refractivity contribution in [3.8, 4) is 0 Å². The lowest BCUT2D eigenvalue weighted by Gasteiger charge is -2.58. The second-order valence-corrected chi connectivity index (χ2v) is 8.85. The molecule has 3 unspecified atom stereocenters. The fourth-order valence-electron chi connectivity index (χ4n) is 6.57. The first-order valence-corrected chi connectivity index (χ1v) is 8.99. The highest BCUT2D eigenvalue weighted by molar-refractivity contribution is 5.18. The Morgan fingerprint density at radius 1 is 0.857 bits per heavy atom. The van der Waals surface area contributed by atoms with Gasteiger partial charge in [-0.2, -0.15) is 0 Å². The van der Waals surface area contributed by atoms with Crippen molar-refractivity contribution in [3.05, 3.63) is 12.2 Å². The number of fused-ring (bicyclic) bond motifs is 5. The molecule has 0 aromatic rings. The summed E-state index contributed by atoms with van der Waals surface area (Å²) >= 11 is 0. The average molecular weight is 290 g/mol. The maximum atomic E-state index is 10.4. The van der Waals surface area contributed by atoms with Gasteiger partial charge in [0.2, 0.25) is 0 Å². The summed E-state index contributed by atoms with van der Waals surface area (Å²) in [7, 11) is 0. The summed E-state index contributed by atoms with van der Waals surface area (Å²) < 4.78 is 0. The Kier molecular flexibility index (Phi) is 3.11. The highest BCUT2D eigenvalue weighted by Gasteiger charge is 2.58. The lowest BCUT2D eigenvalue weighted by atomic mass is 9.47. The van der Waals surface area contributed by atoms with E-state index in [0.29, 0.717) is 23.2 Å². The van der Waals surface area contributed by atoms with Crippen LogP contribution in [-0.2, 0) is 0 Å². The maximum Gasteiger partial charge on any atom is 0.0596 e. The molecule has 0 spiro atoms. The van der Waals surface area contributed by atoms with E-state index >= 15 is 0 Å². The normalized spacial score (nSPS) is 59.2.